The summed E-state index contributed by atoms with van der Waals surface area (Å²) >= 11 is 5.89. The SMILES string of the molecule is O=C(O)[C@@H]1CN(C(=O)COc2cccc(Cl)c2)C[C@@H]1c1ccccc1. The molecule has 1 saturated heterocycles. The molecule has 2 atom stereocenters. The van der Waals surface area contributed by atoms with Gasteiger partial charge in [-0.15, -0.1) is 0 Å². The van der Waals surface area contributed by atoms with Gasteiger partial charge in [0.05, 0.1) is 5.92 Å². The third-order valence-electron chi connectivity index (χ3n) is 4.38. The number of hydrogen-bond donors (Lipinski definition) is 1. The number of likely N-dealkylation sites (tertiary alicyclic amines) is 1. The van der Waals surface area contributed by atoms with Crippen molar-refractivity contribution < 1.29 is 19.4 Å². The summed E-state index contributed by atoms with van der Waals surface area (Å²) in [7, 11) is 0. The van der Waals surface area contributed by atoms with Crippen LogP contribution in [0.2, 0.25) is 5.02 Å². The lowest BCUT2D eigenvalue weighted by atomic mass is 9.89. The minimum atomic E-state index is -0.889. The molecule has 1 fully saturated rings. The van der Waals surface area contributed by atoms with Crippen LogP contribution >= 0.6 is 11.6 Å². The summed E-state index contributed by atoms with van der Waals surface area (Å²) in [6.07, 6.45) is 0. The van der Waals surface area contributed by atoms with Crippen LogP contribution in [-0.2, 0) is 9.59 Å². The Bertz CT molecular complexity index is 765. The van der Waals surface area contributed by atoms with E-state index in [-0.39, 0.29) is 25.0 Å². The highest BCUT2D eigenvalue weighted by Crippen LogP contribution is 2.33. The summed E-state index contributed by atoms with van der Waals surface area (Å²) < 4.78 is 5.47. The standard InChI is InChI=1S/C19H18ClNO4/c20-14-7-4-8-15(9-14)25-12-18(22)21-10-16(17(11-21)19(23)24)13-5-2-1-3-6-13/h1-9,16-17H,10-12H2,(H,23,24)/t16-,17-/m1/s1. The number of carboxylic acids is 1. The van der Waals surface area contributed by atoms with Gasteiger partial charge in [0, 0.05) is 24.0 Å². The highest BCUT2D eigenvalue weighted by molar-refractivity contribution is 6.30. The number of benzene rings is 2. The highest BCUT2D eigenvalue weighted by Gasteiger charge is 2.40. The zero-order valence-electron chi connectivity index (χ0n) is 13.5. The fourth-order valence-corrected chi connectivity index (χ4v) is 3.27. The number of rotatable bonds is 5. The van der Waals surface area contributed by atoms with Gasteiger partial charge in [-0.2, -0.15) is 0 Å². The Balaban J connectivity index is 1.66. The minimum absolute atomic E-state index is 0.145. The predicted molar refractivity (Wildman–Crippen MR) is 93.8 cm³/mol. The van der Waals surface area contributed by atoms with Crippen LogP contribution in [0.1, 0.15) is 11.5 Å². The van der Waals surface area contributed by atoms with Crippen LogP contribution in [0.5, 0.6) is 5.75 Å². The number of aliphatic carboxylic acids is 1. The van der Waals surface area contributed by atoms with Crippen molar-refractivity contribution in [1.29, 1.82) is 0 Å². The Kier molecular flexibility index (Phi) is 5.24. The second-order valence-electron chi connectivity index (χ2n) is 6.01. The summed E-state index contributed by atoms with van der Waals surface area (Å²) in [6, 6.07) is 16.2. The number of nitrogens with zero attached hydrogens (tertiary/aromatic N) is 1. The maximum atomic E-state index is 12.4. The average molecular weight is 360 g/mol. The fourth-order valence-electron chi connectivity index (χ4n) is 3.09. The van der Waals surface area contributed by atoms with E-state index < -0.39 is 11.9 Å². The Hall–Kier alpha value is -2.53. The van der Waals surface area contributed by atoms with Gasteiger partial charge in [0.25, 0.3) is 5.91 Å². The summed E-state index contributed by atoms with van der Waals surface area (Å²) in [4.78, 5) is 25.6. The minimum Gasteiger partial charge on any atom is -0.484 e. The van der Waals surface area contributed by atoms with Crippen molar-refractivity contribution in [2.24, 2.45) is 5.92 Å². The van der Waals surface area contributed by atoms with Gasteiger partial charge in [0.1, 0.15) is 5.75 Å². The van der Waals surface area contributed by atoms with Crippen LogP contribution in [0.4, 0.5) is 0 Å². The van der Waals surface area contributed by atoms with Crippen LogP contribution in [-0.4, -0.2) is 41.6 Å². The Morgan fingerprint density at radius 2 is 1.88 bits per heavy atom. The first-order valence-electron chi connectivity index (χ1n) is 7.98. The molecule has 0 unspecified atom stereocenters. The molecular formula is C19H18ClNO4. The predicted octanol–water partition coefficient (Wildman–Crippen LogP) is 3.05. The van der Waals surface area contributed by atoms with E-state index in [1.165, 1.54) is 0 Å². The summed E-state index contributed by atoms with van der Waals surface area (Å²) in [5, 5.41) is 10.0. The highest BCUT2D eigenvalue weighted by atomic mass is 35.5. The van der Waals surface area contributed by atoms with Crippen LogP contribution in [0.3, 0.4) is 0 Å². The first-order valence-corrected chi connectivity index (χ1v) is 8.36. The summed E-state index contributed by atoms with van der Waals surface area (Å²) in [6.45, 7) is 0.416. The van der Waals surface area contributed by atoms with E-state index >= 15 is 0 Å². The van der Waals surface area contributed by atoms with E-state index in [1.54, 1.807) is 29.2 Å². The van der Waals surface area contributed by atoms with Gasteiger partial charge in [-0.3, -0.25) is 9.59 Å². The monoisotopic (exact) mass is 359 g/mol. The zero-order chi connectivity index (χ0) is 17.8. The quantitative estimate of drug-likeness (QED) is 0.891. The number of carboxylic acid groups (broad SMARTS) is 1. The van der Waals surface area contributed by atoms with E-state index in [0.717, 1.165) is 5.56 Å². The first kappa shape index (κ1) is 17.3. The molecule has 0 bridgehead atoms. The first-order chi connectivity index (χ1) is 12.0. The van der Waals surface area contributed by atoms with Gasteiger partial charge in [-0.25, -0.2) is 0 Å². The summed E-state index contributed by atoms with van der Waals surface area (Å²) in [5.74, 6) is -1.44. The molecule has 6 heteroatoms. The maximum absolute atomic E-state index is 12.4. The van der Waals surface area contributed by atoms with Crippen molar-refractivity contribution >= 4 is 23.5 Å². The maximum Gasteiger partial charge on any atom is 0.308 e. The number of carbonyl (C=O) groups is 2. The van der Waals surface area contributed by atoms with Crippen molar-refractivity contribution in [2.75, 3.05) is 19.7 Å². The molecule has 0 radical (unpaired) electrons. The molecule has 1 aliphatic heterocycles. The van der Waals surface area contributed by atoms with Crippen molar-refractivity contribution in [1.82, 2.24) is 4.90 Å². The van der Waals surface area contributed by atoms with Gasteiger partial charge in [-0.05, 0) is 23.8 Å². The van der Waals surface area contributed by atoms with Crippen molar-refractivity contribution in [3.05, 3.63) is 65.2 Å². The third-order valence-corrected chi connectivity index (χ3v) is 4.61. The normalized spacial score (nSPS) is 19.6. The van der Waals surface area contributed by atoms with Crippen LogP contribution in [0.25, 0.3) is 0 Å². The lowest BCUT2D eigenvalue weighted by Crippen LogP contribution is -2.33. The molecule has 0 spiro atoms. The molecule has 2 aromatic rings. The molecule has 1 heterocycles. The van der Waals surface area contributed by atoms with E-state index in [1.807, 2.05) is 30.3 Å². The molecule has 5 nitrogen and oxygen atoms in total. The molecular weight excluding hydrogens is 342 g/mol. The lowest BCUT2D eigenvalue weighted by molar-refractivity contribution is -0.142. The number of carbonyl (C=O) groups excluding carboxylic acids is 1. The second kappa shape index (κ2) is 7.57. The van der Waals surface area contributed by atoms with Gasteiger partial charge in [0.2, 0.25) is 0 Å². The van der Waals surface area contributed by atoms with E-state index in [4.69, 9.17) is 16.3 Å². The molecule has 1 N–H and O–H groups in total. The summed E-state index contributed by atoms with van der Waals surface area (Å²) in [5.41, 5.74) is 0.931. The molecule has 2 aromatic carbocycles. The molecule has 1 aliphatic rings. The number of ether oxygens (including phenoxy) is 1. The van der Waals surface area contributed by atoms with E-state index in [0.29, 0.717) is 17.3 Å². The van der Waals surface area contributed by atoms with Crippen molar-refractivity contribution in [2.45, 2.75) is 5.92 Å². The van der Waals surface area contributed by atoms with Gasteiger partial charge < -0.3 is 14.7 Å². The molecule has 25 heavy (non-hydrogen) atoms. The fraction of sp³-hybridized carbons (Fsp3) is 0.263. The van der Waals surface area contributed by atoms with Crippen LogP contribution in [0, 0.1) is 5.92 Å². The molecule has 0 aliphatic carbocycles. The average Bonchev–Trinajstić information content (AvgIpc) is 3.06. The molecule has 3 rings (SSSR count). The van der Waals surface area contributed by atoms with Crippen LogP contribution < -0.4 is 4.74 Å². The Labute approximate surface area is 150 Å². The molecule has 130 valence electrons. The molecule has 0 saturated carbocycles. The smallest absolute Gasteiger partial charge is 0.308 e. The second-order valence-corrected chi connectivity index (χ2v) is 6.44. The zero-order valence-corrected chi connectivity index (χ0v) is 14.2. The van der Waals surface area contributed by atoms with E-state index in [9.17, 15) is 14.7 Å². The Morgan fingerprint density at radius 3 is 2.56 bits per heavy atom. The third kappa shape index (κ3) is 4.12. The van der Waals surface area contributed by atoms with Crippen molar-refractivity contribution in [3.63, 3.8) is 0 Å². The Morgan fingerprint density at radius 1 is 1.12 bits per heavy atom. The van der Waals surface area contributed by atoms with Gasteiger partial charge in [-0.1, -0.05) is 48.0 Å². The van der Waals surface area contributed by atoms with Gasteiger partial charge in [0.15, 0.2) is 6.61 Å². The van der Waals surface area contributed by atoms with E-state index in [2.05, 4.69) is 0 Å². The van der Waals surface area contributed by atoms with Crippen molar-refractivity contribution in [3.8, 4) is 5.75 Å². The lowest BCUT2D eigenvalue weighted by Gasteiger charge is -2.17. The number of halogens is 1. The topological polar surface area (TPSA) is 66.8 Å². The molecule has 0 aromatic heterocycles. The van der Waals surface area contributed by atoms with Crippen LogP contribution in [0.15, 0.2) is 54.6 Å². The molecule has 1 amide bonds. The largest absolute Gasteiger partial charge is 0.484 e. The number of hydrogen-bond acceptors (Lipinski definition) is 3. The van der Waals surface area contributed by atoms with Gasteiger partial charge >= 0.3 is 5.97 Å². The number of amides is 1.